The van der Waals surface area contributed by atoms with E-state index < -0.39 is 12.0 Å². The number of hydrogen-bond donors (Lipinski definition) is 1. The van der Waals surface area contributed by atoms with Crippen molar-refractivity contribution in [3.05, 3.63) is 24.3 Å². The summed E-state index contributed by atoms with van der Waals surface area (Å²) >= 11 is 1.62. The Morgan fingerprint density at radius 1 is 1.50 bits per heavy atom. The van der Waals surface area contributed by atoms with E-state index in [1.54, 1.807) is 11.3 Å². The van der Waals surface area contributed by atoms with Gasteiger partial charge in [-0.2, -0.15) is 0 Å². The van der Waals surface area contributed by atoms with Crippen LogP contribution in [0.4, 0.5) is 5.13 Å². The standard InChI is InChI=1S/C12H13N3O2S/c13-11(16)9-7-15(5-6-17-9)12-14-8-3-1-2-4-10(8)18-12/h1-4,9H,5-7H2,(H2,13,16)/t9-/m0/s1. The predicted molar refractivity (Wildman–Crippen MR) is 70.8 cm³/mol. The lowest BCUT2D eigenvalue weighted by Crippen LogP contribution is -2.48. The van der Waals surface area contributed by atoms with Gasteiger partial charge in [0.1, 0.15) is 0 Å². The van der Waals surface area contributed by atoms with Crippen LogP contribution in [0.3, 0.4) is 0 Å². The van der Waals surface area contributed by atoms with E-state index in [-0.39, 0.29) is 0 Å². The van der Waals surface area contributed by atoms with Crippen molar-refractivity contribution in [3.8, 4) is 0 Å². The largest absolute Gasteiger partial charge is 0.367 e. The number of hydrogen-bond acceptors (Lipinski definition) is 5. The number of morpholine rings is 1. The second-order valence-electron chi connectivity index (χ2n) is 4.17. The highest BCUT2D eigenvalue weighted by Gasteiger charge is 2.26. The smallest absolute Gasteiger partial charge is 0.248 e. The quantitative estimate of drug-likeness (QED) is 0.877. The highest BCUT2D eigenvalue weighted by atomic mass is 32.1. The molecule has 1 fully saturated rings. The second-order valence-corrected chi connectivity index (χ2v) is 5.18. The number of fused-ring (bicyclic) bond motifs is 1. The Hall–Kier alpha value is -1.66. The molecule has 5 nitrogen and oxygen atoms in total. The number of carbonyl (C=O) groups excluding carboxylic acids is 1. The molecule has 0 radical (unpaired) electrons. The van der Waals surface area contributed by atoms with Gasteiger partial charge in [-0.05, 0) is 12.1 Å². The van der Waals surface area contributed by atoms with E-state index in [4.69, 9.17) is 10.5 Å². The van der Waals surface area contributed by atoms with Crippen LogP contribution in [0.2, 0.25) is 0 Å². The number of rotatable bonds is 2. The number of anilines is 1. The molecular weight excluding hydrogens is 250 g/mol. The maximum atomic E-state index is 11.2. The van der Waals surface area contributed by atoms with Gasteiger partial charge in [-0.3, -0.25) is 4.79 Å². The van der Waals surface area contributed by atoms with Crippen LogP contribution in [0.25, 0.3) is 10.2 Å². The van der Waals surface area contributed by atoms with Gasteiger partial charge >= 0.3 is 0 Å². The maximum absolute atomic E-state index is 11.2. The Labute approximate surface area is 108 Å². The maximum Gasteiger partial charge on any atom is 0.248 e. The lowest BCUT2D eigenvalue weighted by atomic mass is 10.3. The molecule has 0 unspecified atom stereocenters. The third-order valence-corrected chi connectivity index (χ3v) is 4.03. The van der Waals surface area contributed by atoms with Crippen molar-refractivity contribution in [2.45, 2.75) is 6.10 Å². The van der Waals surface area contributed by atoms with Gasteiger partial charge in [0.05, 0.1) is 23.4 Å². The van der Waals surface area contributed by atoms with E-state index in [1.165, 1.54) is 0 Å². The summed E-state index contributed by atoms with van der Waals surface area (Å²) in [6, 6.07) is 8.00. The number of thiazole rings is 1. The van der Waals surface area contributed by atoms with Crippen molar-refractivity contribution in [1.82, 2.24) is 4.98 Å². The summed E-state index contributed by atoms with van der Waals surface area (Å²) in [4.78, 5) is 17.8. The van der Waals surface area contributed by atoms with Crippen molar-refractivity contribution in [1.29, 1.82) is 0 Å². The Morgan fingerprint density at radius 3 is 3.11 bits per heavy atom. The van der Waals surface area contributed by atoms with Crippen LogP contribution in [0, 0.1) is 0 Å². The van der Waals surface area contributed by atoms with Gasteiger partial charge in [-0.25, -0.2) is 4.98 Å². The summed E-state index contributed by atoms with van der Waals surface area (Å²) in [5.74, 6) is -0.416. The average Bonchev–Trinajstić information content (AvgIpc) is 2.82. The molecule has 0 bridgehead atoms. The fraction of sp³-hybridized carbons (Fsp3) is 0.333. The molecule has 1 atom stereocenters. The number of carbonyl (C=O) groups is 1. The molecule has 1 amide bonds. The van der Waals surface area contributed by atoms with Crippen LogP contribution >= 0.6 is 11.3 Å². The summed E-state index contributed by atoms with van der Waals surface area (Å²) in [6.45, 7) is 1.72. The number of primary amides is 1. The van der Waals surface area contributed by atoms with Crippen LogP contribution in [0.15, 0.2) is 24.3 Å². The second kappa shape index (κ2) is 4.55. The molecule has 2 heterocycles. The SMILES string of the molecule is NC(=O)[C@@H]1CN(c2nc3ccccc3s2)CCO1. The molecule has 1 saturated heterocycles. The first kappa shape index (κ1) is 11.4. The van der Waals surface area contributed by atoms with E-state index in [0.29, 0.717) is 13.2 Å². The summed E-state index contributed by atoms with van der Waals surface area (Å²) in [7, 11) is 0. The summed E-state index contributed by atoms with van der Waals surface area (Å²) in [5.41, 5.74) is 6.26. The number of aromatic nitrogens is 1. The minimum atomic E-state index is -0.536. The molecule has 0 spiro atoms. The van der Waals surface area contributed by atoms with Crippen molar-refractivity contribution in [3.63, 3.8) is 0 Å². The van der Waals surface area contributed by atoms with Gasteiger partial charge in [-0.1, -0.05) is 23.5 Å². The number of nitrogens with two attached hydrogens (primary N) is 1. The Bertz CT molecular complexity index is 550. The molecule has 18 heavy (non-hydrogen) atoms. The minimum Gasteiger partial charge on any atom is -0.367 e. The van der Waals surface area contributed by atoms with Gasteiger partial charge in [0.25, 0.3) is 0 Å². The third kappa shape index (κ3) is 2.04. The van der Waals surface area contributed by atoms with E-state index in [9.17, 15) is 4.79 Å². The molecule has 2 N–H and O–H groups in total. The number of amides is 1. The van der Waals surface area contributed by atoms with Gasteiger partial charge in [0, 0.05) is 6.54 Å². The van der Waals surface area contributed by atoms with Crippen LogP contribution in [-0.4, -0.2) is 36.7 Å². The van der Waals surface area contributed by atoms with Gasteiger partial charge in [-0.15, -0.1) is 0 Å². The summed E-state index contributed by atoms with van der Waals surface area (Å²) in [5, 5.41) is 0.922. The predicted octanol–water partition coefficient (Wildman–Crippen LogP) is 0.987. The number of benzene rings is 1. The third-order valence-electron chi connectivity index (χ3n) is 2.94. The zero-order chi connectivity index (χ0) is 12.5. The first-order valence-corrected chi connectivity index (χ1v) is 6.57. The fourth-order valence-corrected chi connectivity index (χ4v) is 2.99. The monoisotopic (exact) mass is 263 g/mol. The first-order valence-electron chi connectivity index (χ1n) is 5.75. The van der Waals surface area contributed by atoms with Crippen molar-refractivity contribution in [2.24, 2.45) is 5.73 Å². The minimum absolute atomic E-state index is 0.416. The molecule has 0 saturated carbocycles. The summed E-state index contributed by atoms with van der Waals surface area (Å²) in [6.07, 6.45) is -0.536. The molecule has 1 aromatic carbocycles. The van der Waals surface area contributed by atoms with Crippen molar-refractivity contribution < 1.29 is 9.53 Å². The zero-order valence-corrected chi connectivity index (χ0v) is 10.5. The molecule has 1 aromatic heterocycles. The van der Waals surface area contributed by atoms with Gasteiger partial charge in [0.15, 0.2) is 11.2 Å². The topological polar surface area (TPSA) is 68.5 Å². The van der Waals surface area contributed by atoms with Crippen LogP contribution in [-0.2, 0) is 9.53 Å². The Morgan fingerprint density at radius 2 is 2.33 bits per heavy atom. The lowest BCUT2D eigenvalue weighted by molar-refractivity contribution is -0.130. The van der Waals surface area contributed by atoms with E-state index in [0.717, 1.165) is 21.9 Å². The van der Waals surface area contributed by atoms with Crippen molar-refractivity contribution in [2.75, 3.05) is 24.6 Å². The fourth-order valence-electron chi connectivity index (χ4n) is 1.99. The first-order chi connectivity index (χ1) is 8.74. The summed E-state index contributed by atoms with van der Waals surface area (Å²) < 4.78 is 6.47. The van der Waals surface area contributed by atoms with Gasteiger partial charge in [0.2, 0.25) is 5.91 Å². The molecule has 1 aliphatic rings. The van der Waals surface area contributed by atoms with Crippen LogP contribution < -0.4 is 10.6 Å². The molecule has 1 aliphatic heterocycles. The number of ether oxygens (including phenoxy) is 1. The van der Waals surface area contributed by atoms with E-state index in [1.807, 2.05) is 24.3 Å². The molecule has 0 aliphatic carbocycles. The van der Waals surface area contributed by atoms with E-state index >= 15 is 0 Å². The number of para-hydroxylation sites is 1. The zero-order valence-electron chi connectivity index (χ0n) is 9.70. The average molecular weight is 263 g/mol. The van der Waals surface area contributed by atoms with Crippen LogP contribution in [0.1, 0.15) is 0 Å². The Balaban J connectivity index is 1.87. The lowest BCUT2D eigenvalue weighted by Gasteiger charge is -2.30. The molecule has 3 rings (SSSR count). The van der Waals surface area contributed by atoms with Crippen molar-refractivity contribution >= 4 is 32.6 Å². The molecule has 2 aromatic rings. The molecular formula is C12H13N3O2S. The molecule has 94 valence electrons. The normalized spacial score (nSPS) is 20.2. The highest BCUT2D eigenvalue weighted by molar-refractivity contribution is 7.22. The Kier molecular flexibility index (Phi) is 2.89. The number of nitrogens with zero attached hydrogens (tertiary/aromatic N) is 2. The molecule has 6 heteroatoms. The van der Waals surface area contributed by atoms with Crippen LogP contribution in [0.5, 0.6) is 0 Å². The highest BCUT2D eigenvalue weighted by Crippen LogP contribution is 2.29. The van der Waals surface area contributed by atoms with E-state index in [2.05, 4.69) is 9.88 Å². The van der Waals surface area contributed by atoms with Gasteiger partial charge < -0.3 is 15.4 Å².